The highest BCUT2D eigenvalue weighted by molar-refractivity contribution is 7.15. The van der Waals surface area contributed by atoms with Crippen molar-refractivity contribution in [3.05, 3.63) is 33.7 Å². The third-order valence-electron chi connectivity index (χ3n) is 4.77. The fraction of sp³-hybridized carbons (Fsp3) is 0.588. The van der Waals surface area contributed by atoms with Gasteiger partial charge in [-0.3, -0.25) is 9.69 Å². The molecule has 0 bridgehead atoms. The number of thiazole rings is 1. The number of aromatic nitrogens is 3. The maximum absolute atomic E-state index is 12.6. The van der Waals surface area contributed by atoms with Crippen molar-refractivity contribution in [2.24, 2.45) is 0 Å². The Kier molecular flexibility index (Phi) is 5.39. The summed E-state index contributed by atoms with van der Waals surface area (Å²) in [5.41, 5.74) is 6.55. The molecule has 0 aromatic carbocycles. The summed E-state index contributed by atoms with van der Waals surface area (Å²) in [6.45, 7) is 6.86. The number of piperidine rings is 1. The van der Waals surface area contributed by atoms with Gasteiger partial charge in [0.05, 0.1) is 17.9 Å². The summed E-state index contributed by atoms with van der Waals surface area (Å²) in [6, 6.07) is 2.13. The lowest BCUT2D eigenvalue weighted by atomic mass is 10.1. The Bertz CT molecular complexity index is 770. The Labute approximate surface area is 152 Å². The second-order valence-electron chi connectivity index (χ2n) is 6.90. The second kappa shape index (κ2) is 7.53. The topological polar surface area (TPSA) is 80.3 Å². The molecule has 0 radical (unpaired) electrons. The third kappa shape index (κ3) is 4.19. The van der Waals surface area contributed by atoms with Crippen LogP contribution in [0.5, 0.6) is 0 Å². The fourth-order valence-corrected chi connectivity index (χ4v) is 3.89. The Morgan fingerprint density at radius 3 is 2.88 bits per heavy atom. The van der Waals surface area contributed by atoms with Crippen LogP contribution in [0.15, 0.2) is 23.3 Å². The summed E-state index contributed by atoms with van der Waals surface area (Å²) in [5, 5.41) is 5.06. The van der Waals surface area contributed by atoms with Crippen molar-refractivity contribution in [2.45, 2.75) is 45.3 Å². The van der Waals surface area contributed by atoms with E-state index in [1.165, 1.54) is 11.3 Å². The average Bonchev–Trinajstić information content (AvgIpc) is 2.99. The number of nitrogens with zero attached hydrogens (tertiary/aromatic N) is 5. The lowest BCUT2D eigenvalue weighted by Crippen LogP contribution is -2.40. The second-order valence-corrected chi connectivity index (χ2v) is 8.04. The van der Waals surface area contributed by atoms with Gasteiger partial charge in [0.15, 0.2) is 5.13 Å². The lowest BCUT2D eigenvalue weighted by Gasteiger charge is -2.32. The molecule has 3 heterocycles. The first-order chi connectivity index (χ1) is 11.9. The number of likely N-dealkylation sites (tertiary alicyclic amines) is 1. The van der Waals surface area contributed by atoms with Crippen LogP contribution in [0.1, 0.15) is 37.6 Å². The summed E-state index contributed by atoms with van der Waals surface area (Å²) in [5.74, 6) is 0. The van der Waals surface area contributed by atoms with E-state index in [4.69, 9.17) is 5.73 Å². The number of nitrogen functional groups attached to an aromatic ring is 1. The Balaban J connectivity index is 1.71. The van der Waals surface area contributed by atoms with Gasteiger partial charge in [-0.1, -0.05) is 0 Å². The zero-order valence-corrected chi connectivity index (χ0v) is 15.9. The largest absolute Gasteiger partial charge is 0.375 e. The predicted molar refractivity (Wildman–Crippen MR) is 102 cm³/mol. The van der Waals surface area contributed by atoms with Crippen LogP contribution in [0.3, 0.4) is 0 Å². The highest BCUT2D eigenvalue weighted by Crippen LogP contribution is 2.24. The molecule has 0 aliphatic carbocycles. The summed E-state index contributed by atoms with van der Waals surface area (Å²) in [7, 11) is 1.98. The van der Waals surface area contributed by atoms with Crippen LogP contribution >= 0.6 is 11.3 Å². The van der Waals surface area contributed by atoms with Gasteiger partial charge in [0.1, 0.15) is 0 Å². The minimum atomic E-state index is -0.0288. The molecule has 1 unspecified atom stereocenters. The SMILES string of the molecule is CC(C)N(C)c1cnn(C2CCCN(Cc3cnc(N)s3)C2)c(=O)c1. The van der Waals surface area contributed by atoms with Gasteiger partial charge in [-0.15, -0.1) is 11.3 Å². The number of hydrogen-bond acceptors (Lipinski definition) is 7. The maximum Gasteiger partial charge on any atom is 0.269 e. The molecule has 1 fully saturated rings. The quantitative estimate of drug-likeness (QED) is 0.876. The van der Waals surface area contributed by atoms with Gasteiger partial charge in [-0.25, -0.2) is 9.67 Å². The highest BCUT2D eigenvalue weighted by Gasteiger charge is 2.23. The summed E-state index contributed by atoms with van der Waals surface area (Å²) < 4.78 is 1.64. The average molecular weight is 363 g/mol. The molecule has 2 aromatic rings. The van der Waals surface area contributed by atoms with Gasteiger partial charge in [-0.05, 0) is 33.2 Å². The molecule has 3 rings (SSSR count). The van der Waals surface area contributed by atoms with Crippen molar-refractivity contribution in [2.75, 3.05) is 30.8 Å². The van der Waals surface area contributed by atoms with Crippen LogP contribution in [0.2, 0.25) is 0 Å². The van der Waals surface area contributed by atoms with Crippen molar-refractivity contribution in [3.63, 3.8) is 0 Å². The van der Waals surface area contributed by atoms with Gasteiger partial charge in [-0.2, -0.15) is 5.10 Å². The Morgan fingerprint density at radius 1 is 1.44 bits per heavy atom. The standard InChI is InChI=1S/C17H26N6OS/c1-12(2)21(3)14-7-16(24)23(20-8-14)13-5-4-6-22(10-13)11-15-9-19-17(18)25-15/h7-9,12-13H,4-6,10-11H2,1-3H3,(H2,18,19). The summed E-state index contributed by atoms with van der Waals surface area (Å²) >= 11 is 1.52. The van der Waals surface area contributed by atoms with Crippen molar-refractivity contribution in [1.82, 2.24) is 19.7 Å². The van der Waals surface area contributed by atoms with Crippen molar-refractivity contribution in [1.29, 1.82) is 0 Å². The normalized spacial score (nSPS) is 18.6. The van der Waals surface area contributed by atoms with E-state index in [0.29, 0.717) is 11.2 Å². The van der Waals surface area contributed by atoms with E-state index in [0.717, 1.165) is 43.0 Å². The minimum Gasteiger partial charge on any atom is -0.375 e. The molecular weight excluding hydrogens is 336 g/mol. The molecule has 0 amide bonds. The molecule has 1 aliphatic heterocycles. The number of anilines is 2. The molecule has 2 aromatic heterocycles. The highest BCUT2D eigenvalue weighted by atomic mass is 32.1. The number of nitrogens with two attached hydrogens (primary N) is 1. The van der Waals surface area contributed by atoms with Gasteiger partial charge in [0.25, 0.3) is 5.56 Å². The molecule has 25 heavy (non-hydrogen) atoms. The first-order valence-electron chi connectivity index (χ1n) is 8.68. The van der Waals surface area contributed by atoms with Crippen molar-refractivity contribution in [3.8, 4) is 0 Å². The number of rotatable bonds is 5. The molecule has 2 N–H and O–H groups in total. The van der Waals surface area contributed by atoms with Crippen molar-refractivity contribution < 1.29 is 0 Å². The van der Waals surface area contributed by atoms with E-state index in [9.17, 15) is 4.79 Å². The first-order valence-corrected chi connectivity index (χ1v) is 9.50. The number of hydrogen-bond donors (Lipinski definition) is 1. The van der Waals surface area contributed by atoms with Gasteiger partial charge in [0, 0.05) is 43.3 Å². The van der Waals surface area contributed by atoms with Crippen molar-refractivity contribution >= 4 is 22.2 Å². The van der Waals surface area contributed by atoms with Gasteiger partial charge in [0.2, 0.25) is 0 Å². The molecule has 7 nitrogen and oxygen atoms in total. The van der Waals surface area contributed by atoms with E-state index in [2.05, 4.69) is 33.7 Å². The molecule has 0 spiro atoms. The van der Waals surface area contributed by atoms with Gasteiger partial charge >= 0.3 is 0 Å². The summed E-state index contributed by atoms with van der Waals surface area (Å²) in [6.07, 6.45) is 5.67. The van der Waals surface area contributed by atoms with Crippen LogP contribution in [0.25, 0.3) is 0 Å². The Hall–Kier alpha value is -1.93. The van der Waals surface area contributed by atoms with Crippen LogP contribution in [0.4, 0.5) is 10.8 Å². The maximum atomic E-state index is 12.6. The minimum absolute atomic E-state index is 0.0288. The van der Waals surface area contributed by atoms with Crippen LogP contribution in [-0.4, -0.2) is 45.8 Å². The predicted octanol–water partition coefficient (Wildman–Crippen LogP) is 1.96. The van der Waals surface area contributed by atoms with E-state index < -0.39 is 0 Å². The Morgan fingerprint density at radius 2 is 2.24 bits per heavy atom. The van der Waals surface area contributed by atoms with Gasteiger partial charge < -0.3 is 10.6 Å². The van der Waals surface area contributed by atoms with Crippen LogP contribution in [0, 0.1) is 0 Å². The van der Waals surface area contributed by atoms with E-state index in [-0.39, 0.29) is 11.6 Å². The smallest absolute Gasteiger partial charge is 0.269 e. The van der Waals surface area contributed by atoms with E-state index >= 15 is 0 Å². The molecule has 0 saturated carbocycles. The van der Waals surface area contributed by atoms with Crippen LogP contribution in [-0.2, 0) is 6.54 Å². The molecule has 1 atom stereocenters. The molecule has 1 saturated heterocycles. The van der Waals surface area contributed by atoms with E-state index in [1.54, 1.807) is 16.9 Å². The molecule has 1 aliphatic rings. The van der Waals surface area contributed by atoms with Crippen LogP contribution < -0.4 is 16.2 Å². The summed E-state index contributed by atoms with van der Waals surface area (Å²) in [4.78, 5) is 22.2. The monoisotopic (exact) mass is 362 g/mol. The zero-order chi connectivity index (χ0) is 18.0. The first kappa shape index (κ1) is 17.9. The zero-order valence-electron chi connectivity index (χ0n) is 15.1. The van der Waals surface area contributed by atoms with E-state index in [1.807, 2.05) is 13.2 Å². The lowest BCUT2D eigenvalue weighted by molar-refractivity contribution is 0.161. The molecule has 136 valence electrons. The fourth-order valence-electron chi connectivity index (χ4n) is 3.16. The third-order valence-corrected chi connectivity index (χ3v) is 5.58. The molecule has 8 heteroatoms. The molecular formula is C17H26N6OS.